The normalized spacial score (nSPS) is 24.1. The molecule has 1 saturated carbocycles. The van der Waals surface area contributed by atoms with Crippen molar-refractivity contribution in [1.29, 1.82) is 0 Å². The molecular formula is C27H37NO2. The third-order valence-corrected chi connectivity index (χ3v) is 7.33. The minimum absolute atomic E-state index is 0.260. The highest BCUT2D eigenvalue weighted by Crippen LogP contribution is 2.39. The molecule has 0 atom stereocenters. The van der Waals surface area contributed by atoms with Gasteiger partial charge in [0.15, 0.2) is 0 Å². The molecule has 0 unspecified atom stereocenters. The molecular weight excluding hydrogens is 370 g/mol. The molecule has 0 radical (unpaired) electrons. The number of hydrogen-bond acceptors (Lipinski definition) is 3. The number of carbonyl (C=O) groups is 1. The highest BCUT2D eigenvalue weighted by molar-refractivity contribution is 5.88. The van der Waals surface area contributed by atoms with E-state index in [0.29, 0.717) is 11.5 Å². The minimum atomic E-state index is 0.260. The molecule has 0 N–H and O–H groups in total. The van der Waals surface area contributed by atoms with E-state index in [2.05, 4.69) is 62.1 Å². The van der Waals surface area contributed by atoms with Crippen molar-refractivity contribution in [2.24, 2.45) is 17.3 Å². The second-order valence-electron chi connectivity index (χ2n) is 10.5. The fourth-order valence-corrected chi connectivity index (χ4v) is 5.24. The number of nitrogens with zero attached hydrogens (tertiary/aromatic N) is 1. The van der Waals surface area contributed by atoms with Crippen molar-refractivity contribution in [2.45, 2.75) is 71.9 Å². The summed E-state index contributed by atoms with van der Waals surface area (Å²) >= 11 is 0. The van der Waals surface area contributed by atoms with Crippen molar-refractivity contribution in [3.63, 3.8) is 0 Å². The zero-order valence-corrected chi connectivity index (χ0v) is 18.9. The predicted molar refractivity (Wildman–Crippen MR) is 124 cm³/mol. The second kappa shape index (κ2) is 9.09. The fraction of sp³-hybridized carbons (Fsp3) is 0.593. The third kappa shape index (κ3) is 5.06. The van der Waals surface area contributed by atoms with Gasteiger partial charge in [0.1, 0.15) is 12.0 Å². The molecule has 30 heavy (non-hydrogen) atoms. The van der Waals surface area contributed by atoms with E-state index in [1.165, 1.54) is 29.2 Å². The number of carbonyl (C=O) groups excluding carboxylic acids is 1. The zero-order chi connectivity index (χ0) is 21.1. The Balaban J connectivity index is 1.40. The molecule has 3 nitrogen and oxygen atoms in total. The zero-order valence-electron chi connectivity index (χ0n) is 18.9. The van der Waals surface area contributed by atoms with Crippen LogP contribution in [-0.4, -0.2) is 30.4 Å². The molecule has 1 aliphatic heterocycles. The first-order valence-electron chi connectivity index (χ1n) is 11.8. The van der Waals surface area contributed by atoms with Gasteiger partial charge in [0.2, 0.25) is 0 Å². The summed E-state index contributed by atoms with van der Waals surface area (Å²) in [6.45, 7) is 10.1. The number of ether oxygens (including phenoxy) is 1. The Morgan fingerprint density at radius 2 is 1.73 bits per heavy atom. The van der Waals surface area contributed by atoms with E-state index >= 15 is 0 Å². The van der Waals surface area contributed by atoms with E-state index < -0.39 is 0 Å². The number of aldehydes is 1. The van der Waals surface area contributed by atoms with Crippen molar-refractivity contribution in [1.82, 2.24) is 4.90 Å². The molecule has 0 aromatic heterocycles. The van der Waals surface area contributed by atoms with Crippen LogP contribution in [0.25, 0.3) is 10.8 Å². The lowest BCUT2D eigenvalue weighted by molar-refractivity contribution is -0.112. The summed E-state index contributed by atoms with van der Waals surface area (Å²) in [6.07, 6.45) is 8.31. The van der Waals surface area contributed by atoms with Crippen LogP contribution < -0.4 is 4.74 Å². The fourth-order valence-electron chi connectivity index (χ4n) is 5.24. The average Bonchev–Trinajstić information content (AvgIpc) is 2.74. The van der Waals surface area contributed by atoms with E-state index in [4.69, 9.17) is 4.74 Å². The molecule has 2 aromatic rings. The molecule has 0 amide bonds. The largest absolute Gasteiger partial charge is 0.490 e. The lowest BCUT2D eigenvalue weighted by Gasteiger charge is -2.37. The van der Waals surface area contributed by atoms with E-state index in [9.17, 15) is 4.79 Å². The highest BCUT2D eigenvalue weighted by Gasteiger charge is 2.30. The van der Waals surface area contributed by atoms with Gasteiger partial charge < -0.3 is 9.53 Å². The number of piperidine rings is 1. The first-order valence-corrected chi connectivity index (χ1v) is 11.8. The topological polar surface area (TPSA) is 29.5 Å². The van der Waals surface area contributed by atoms with Crippen LogP contribution in [-0.2, 0) is 11.3 Å². The summed E-state index contributed by atoms with van der Waals surface area (Å²) in [5.74, 6) is 2.10. The van der Waals surface area contributed by atoms with Gasteiger partial charge in [-0.1, -0.05) is 45.0 Å². The van der Waals surface area contributed by atoms with Crippen LogP contribution in [0, 0.1) is 17.3 Å². The second-order valence-corrected chi connectivity index (χ2v) is 10.5. The van der Waals surface area contributed by atoms with Crippen LogP contribution in [0.5, 0.6) is 5.75 Å². The van der Waals surface area contributed by atoms with Gasteiger partial charge in [-0.25, -0.2) is 0 Å². The lowest BCUT2D eigenvalue weighted by Crippen LogP contribution is -2.33. The third-order valence-electron chi connectivity index (χ3n) is 7.33. The van der Waals surface area contributed by atoms with Gasteiger partial charge in [0.05, 0.1) is 6.10 Å². The van der Waals surface area contributed by atoms with Crippen LogP contribution in [0.1, 0.15) is 64.9 Å². The molecule has 162 valence electrons. The van der Waals surface area contributed by atoms with Crippen molar-refractivity contribution < 1.29 is 9.53 Å². The van der Waals surface area contributed by atoms with Crippen molar-refractivity contribution in [3.8, 4) is 5.75 Å². The summed E-state index contributed by atoms with van der Waals surface area (Å²) in [7, 11) is 0. The van der Waals surface area contributed by atoms with Crippen LogP contribution in [0.15, 0.2) is 36.4 Å². The summed E-state index contributed by atoms with van der Waals surface area (Å²) in [5, 5.41) is 2.48. The molecule has 0 spiro atoms. The number of likely N-dealkylation sites (tertiary alicyclic amines) is 1. The predicted octanol–water partition coefficient (Wildman–Crippen LogP) is 6.23. The van der Waals surface area contributed by atoms with Crippen LogP contribution in [0.4, 0.5) is 0 Å². The quantitative estimate of drug-likeness (QED) is 0.550. The Kier molecular flexibility index (Phi) is 6.48. The van der Waals surface area contributed by atoms with Gasteiger partial charge in [0.25, 0.3) is 0 Å². The maximum absolute atomic E-state index is 11.0. The van der Waals surface area contributed by atoms with Crippen LogP contribution >= 0.6 is 0 Å². The summed E-state index contributed by atoms with van der Waals surface area (Å²) in [5.41, 5.74) is 1.75. The summed E-state index contributed by atoms with van der Waals surface area (Å²) in [4.78, 5) is 13.4. The van der Waals surface area contributed by atoms with Crippen molar-refractivity contribution >= 4 is 17.1 Å². The molecule has 3 heteroatoms. The molecule has 1 saturated heterocycles. The van der Waals surface area contributed by atoms with Gasteiger partial charge in [-0.3, -0.25) is 4.90 Å². The average molecular weight is 408 g/mol. The first kappa shape index (κ1) is 21.4. The number of benzene rings is 2. The molecule has 4 rings (SSSR count). The lowest BCUT2D eigenvalue weighted by atomic mass is 9.72. The van der Waals surface area contributed by atoms with E-state index in [1.54, 1.807) is 0 Å². The van der Waals surface area contributed by atoms with E-state index in [1.807, 2.05) is 0 Å². The van der Waals surface area contributed by atoms with Crippen LogP contribution in [0.3, 0.4) is 0 Å². The molecule has 0 bridgehead atoms. The highest BCUT2D eigenvalue weighted by atomic mass is 16.5. The van der Waals surface area contributed by atoms with Gasteiger partial charge in [-0.15, -0.1) is 0 Å². The Morgan fingerprint density at radius 3 is 2.40 bits per heavy atom. The van der Waals surface area contributed by atoms with E-state index in [-0.39, 0.29) is 5.92 Å². The van der Waals surface area contributed by atoms with E-state index in [0.717, 1.165) is 63.3 Å². The van der Waals surface area contributed by atoms with Gasteiger partial charge in [0, 0.05) is 17.8 Å². The van der Waals surface area contributed by atoms with Gasteiger partial charge in [-0.2, -0.15) is 0 Å². The van der Waals surface area contributed by atoms with Crippen molar-refractivity contribution in [3.05, 3.63) is 42.0 Å². The molecule has 2 aromatic carbocycles. The minimum Gasteiger partial charge on any atom is -0.490 e. The SMILES string of the molecule is CC(C)(C)C1CCC(Oc2cccc3cc(CN4CCC(C=O)CC4)ccc23)CC1. The Hall–Kier alpha value is -1.87. The summed E-state index contributed by atoms with van der Waals surface area (Å²) in [6, 6.07) is 13.2. The number of fused-ring (bicyclic) bond motifs is 1. The van der Waals surface area contributed by atoms with Gasteiger partial charge in [-0.05, 0) is 86.0 Å². The Bertz CT molecular complexity index is 853. The number of hydrogen-bond donors (Lipinski definition) is 0. The monoisotopic (exact) mass is 407 g/mol. The van der Waals surface area contributed by atoms with Crippen LogP contribution in [0.2, 0.25) is 0 Å². The molecule has 1 heterocycles. The maximum Gasteiger partial charge on any atom is 0.127 e. The smallest absolute Gasteiger partial charge is 0.127 e. The molecule has 2 fully saturated rings. The standard InChI is InChI=1S/C27H37NO2/c1-27(2,3)23-8-10-24(11-9-23)30-26-6-4-5-22-17-21(7-12-25(22)26)18-28-15-13-20(19-29)14-16-28/h4-7,12,17,19-20,23-24H,8-11,13-16,18H2,1-3H3. The molecule has 1 aliphatic carbocycles. The Labute approximate surface area is 181 Å². The first-order chi connectivity index (χ1) is 14.4. The maximum atomic E-state index is 11.0. The van der Waals surface area contributed by atoms with Gasteiger partial charge >= 0.3 is 0 Å². The molecule has 2 aliphatic rings. The van der Waals surface area contributed by atoms with Crippen molar-refractivity contribution in [2.75, 3.05) is 13.1 Å². The summed E-state index contributed by atoms with van der Waals surface area (Å²) < 4.78 is 6.50. The number of rotatable bonds is 5. The Morgan fingerprint density at radius 1 is 1.00 bits per heavy atom.